The molecule has 0 aliphatic rings. The highest BCUT2D eigenvalue weighted by molar-refractivity contribution is 5.94. The predicted octanol–water partition coefficient (Wildman–Crippen LogP) is -0.500. The minimum atomic E-state index is -0.616. The highest BCUT2D eigenvalue weighted by Crippen LogP contribution is 2.06. The first-order valence-corrected chi connectivity index (χ1v) is 9.08. The lowest BCUT2D eigenvalue weighted by Crippen LogP contribution is -2.43. The van der Waals surface area contributed by atoms with Gasteiger partial charge in [0.2, 0.25) is 5.91 Å². The number of benzene rings is 1. The van der Waals surface area contributed by atoms with Gasteiger partial charge in [-0.2, -0.15) is 0 Å². The van der Waals surface area contributed by atoms with E-state index in [-0.39, 0.29) is 23.6 Å². The zero-order chi connectivity index (χ0) is 21.1. The fourth-order valence-corrected chi connectivity index (χ4v) is 3.02. The van der Waals surface area contributed by atoms with Crippen molar-refractivity contribution in [3.05, 3.63) is 62.6 Å². The first kappa shape index (κ1) is 20.1. The monoisotopic (exact) mass is 398 g/mol. The minimum Gasteiger partial charge on any atom is -0.352 e. The summed E-state index contributed by atoms with van der Waals surface area (Å²) < 4.78 is 3.63. The Morgan fingerprint density at radius 2 is 1.90 bits per heavy atom. The number of carbonyl (C=O) groups is 2. The normalized spacial score (nSPS) is 10.9. The highest BCUT2D eigenvalue weighted by Gasteiger charge is 2.17. The number of fused-ring (bicyclic) bond motifs is 1. The average Bonchev–Trinajstić information content (AvgIpc) is 3.10. The van der Waals surface area contributed by atoms with E-state index in [0.29, 0.717) is 12.1 Å². The smallest absolute Gasteiger partial charge is 0.332 e. The maximum Gasteiger partial charge on any atom is 0.332 e. The van der Waals surface area contributed by atoms with Crippen molar-refractivity contribution < 1.29 is 9.59 Å². The minimum absolute atomic E-state index is 0.162. The number of aryl methyl sites for hydroxylation is 2. The number of carbonyl (C=O) groups excluding carboxylic acids is 2. The molecule has 0 fully saturated rings. The summed E-state index contributed by atoms with van der Waals surface area (Å²) in [5.41, 5.74) is 0.539. The molecule has 2 aromatic heterocycles. The Morgan fingerprint density at radius 1 is 1.14 bits per heavy atom. The van der Waals surface area contributed by atoms with Crippen molar-refractivity contribution in [3.8, 4) is 0 Å². The van der Waals surface area contributed by atoms with Crippen LogP contribution in [0.2, 0.25) is 0 Å². The van der Waals surface area contributed by atoms with Crippen LogP contribution in [0.1, 0.15) is 22.8 Å². The van der Waals surface area contributed by atoms with Crippen LogP contribution in [0.15, 0.2) is 40.2 Å². The standard InChI is InChI=1S/C19H22N6O4/c1-4-20-17(27)13-7-5-6-12(8-13)9-21-14(26)10-25-18(28)15-16(22-11-23(15)2)24(3)19(25)29/h5-8,11H,4,9-10H2,1-3H3,(H,20,27)(H,21,26). The molecular weight excluding hydrogens is 376 g/mol. The molecule has 1 aromatic carbocycles. The van der Waals surface area contributed by atoms with Crippen LogP contribution in [0.5, 0.6) is 0 Å². The lowest BCUT2D eigenvalue weighted by Gasteiger charge is -2.10. The molecule has 0 spiro atoms. The van der Waals surface area contributed by atoms with Crippen LogP contribution in [0.3, 0.4) is 0 Å². The zero-order valence-electron chi connectivity index (χ0n) is 16.4. The molecule has 0 bridgehead atoms. The third-order valence-corrected chi connectivity index (χ3v) is 4.52. The number of rotatable bonds is 6. The van der Waals surface area contributed by atoms with Crippen molar-refractivity contribution in [2.75, 3.05) is 6.54 Å². The Balaban J connectivity index is 1.76. The van der Waals surface area contributed by atoms with Crippen molar-refractivity contribution in [3.63, 3.8) is 0 Å². The van der Waals surface area contributed by atoms with Gasteiger partial charge in [0.1, 0.15) is 6.54 Å². The van der Waals surface area contributed by atoms with E-state index in [2.05, 4.69) is 15.6 Å². The Bertz CT molecular complexity index is 1200. The molecule has 2 heterocycles. The Morgan fingerprint density at radius 3 is 2.62 bits per heavy atom. The number of aromatic nitrogens is 4. The second-order valence-electron chi connectivity index (χ2n) is 6.60. The van der Waals surface area contributed by atoms with Crippen LogP contribution in [-0.2, 0) is 32.0 Å². The molecule has 2 amide bonds. The fraction of sp³-hybridized carbons (Fsp3) is 0.316. The molecule has 29 heavy (non-hydrogen) atoms. The summed E-state index contributed by atoms with van der Waals surface area (Å²) >= 11 is 0. The summed E-state index contributed by atoms with van der Waals surface area (Å²) in [4.78, 5) is 53.4. The van der Waals surface area contributed by atoms with E-state index in [9.17, 15) is 19.2 Å². The van der Waals surface area contributed by atoms with Crippen LogP contribution >= 0.6 is 0 Å². The molecule has 0 saturated heterocycles. The molecular formula is C19H22N6O4. The quantitative estimate of drug-likeness (QED) is 0.580. The molecule has 0 saturated carbocycles. The van der Waals surface area contributed by atoms with Gasteiger partial charge in [-0.3, -0.25) is 19.0 Å². The molecule has 2 N–H and O–H groups in total. The molecule has 0 unspecified atom stereocenters. The van der Waals surface area contributed by atoms with E-state index in [4.69, 9.17) is 0 Å². The number of hydrogen-bond acceptors (Lipinski definition) is 5. The molecule has 0 aliphatic heterocycles. The van der Waals surface area contributed by atoms with Gasteiger partial charge in [-0.25, -0.2) is 14.3 Å². The van der Waals surface area contributed by atoms with Gasteiger partial charge in [0.15, 0.2) is 11.2 Å². The van der Waals surface area contributed by atoms with Gasteiger partial charge in [-0.1, -0.05) is 12.1 Å². The third-order valence-electron chi connectivity index (χ3n) is 4.52. The lowest BCUT2D eigenvalue weighted by molar-refractivity contribution is -0.121. The number of amides is 2. The van der Waals surface area contributed by atoms with E-state index < -0.39 is 23.7 Å². The molecule has 10 nitrogen and oxygen atoms in total. The molecule has 0 radical (unpaired) electrons. The average molecular weight is 398 g/mol. The maximum absolute atomic E-state index is 12.6. The van der Waals surface area contributed by atoms with Crippen molar-refractivity contribution >= 4 is 23.0 Å². The number of nitrogens with zero attached hydrogens (tertiary/aromatic N) is 4. The van der Waals surface area contributed by atoms with Crippen molar-refractivity contribution in [2.24, 2.45) is 14.1 Å². The summed E-state index contributed by atoms with van der Waals surface area (Å²) in [5, 5.41) is 5.39. The second kappa shape index (κ2) is 8.13. The van der Waals surface area contributed by atoms with E-state index in [1.807, 2.05) is 6.92 Å². The van der Waals surface area contributed by atoms with Crippen LogP contribution in [0.4, 0.5) is 0 Å². The SMILES string of the molecule is CCNC(=O)c1cccc(CNC(=O)Cn2c(=O)c3c(ncn3C)n(C)c2=O)c1. The summed E-state index contributed by atoms with van der Waals surface area (Å²) in [6.07, 6.45) is 1.44. The lowest BCUT2D eigenvalue weighted by atomic mass is 10.1. The topological polar surface area (TPSA) is 120 Å². The molecule has 3 rings (SSSR count). The van der Waals surface area contributed by atoms with Crippen molar-refractivity contribution in [2.45, 2.75) is 20.0 Å². The van der Waals surface area contributed by atoms with Gasteiger partial charge in [-0.15, -0.1) is 0 Å². The molecule has 0 aliphatic carbocycles. The predicted molar refractivity (Wildman–Crippen MR) is 107 cm³/mol. The van der Waals surface area contributed by atoms with E-state index in [0.717, 1.165) is 10.1 Å². The number of nitrogens with one attached hydrogen (secondary N) is 2. The largest absolute Gasteiger partial charge is 0.352 e. The van der Waals surface area contributed by atoms with E-state index in [1.54, 1.807) is 31.3 Å². The maximum atomic E-state index is 12.6. The Kier molecular flexibility index (Phi) is 5.62. The summed E-state index contributed by atoms with van der Waals surface area (Å²) in [6, 6.07) is 6.86. The van der Waals surface area contributed by atoms with E-state index >= 15 is 0 Å². The van der Waals surface area contributed by atoms with Gasteiger partial charge in [0.25, 0.3) is 11.5 Å². The number of imidazole rings is 1. The van der Waals surface area contributed by atoms with Gasteiger partial charge in [0, 0.05) is 32.7 Å². The zero-order valence-corrected chi connectivity index (χ0v) is 16.4. The number of hydrogen-bond donors (Lipinski definition) is 2. The Labute approximate surface area is 165 Å². The van der Waals surface area contributed by atoms with Crippen molar-refractivity contribution in [1.29, 1.82) is 0 Å². The van der Waals surface area contributed by atoms with E-state index in [1.165, 1.54) is 22.5 Å². The third kappa shape index (κ3) is 3.96. The first-order chi connectivity index (χ1) is 13.8. The van der Waals surface area contributed by atoms with Crippen LogP contribution < -0.4 is 21.9 Å². The molecule has 3 aromatic rings. The van der Waals surface area contributed by atoms with Gasteiger partial charge < -0.3 is 15.2 Å². The molecule has 152 valence electrons. The van der Waals surface area contributed by atoms with Gasteiger partial charge in [0.05, 0.1) is 6.33 Å². The molecule has 10 heteroatoms. The van der Waals surface area contributed by atoms with Gasteiger partial charge >= 0.3 is 5.69 Å². The van der Waals surface area contributed by atoms with Crippen LogP contribution in [-0.4, -0.2) is 37.0 Å². The van der Waals surface area contributed by atoms with Gasteiger partial charge in [-0.05, 0) is 24.6 Å². The highest BCUT2D eigenvalue weighted by atomic mass is 16.2. The summed E-state index contributed by atoms with van der Waals surface area (Å²) in [7, 11) is 3.14. The van der Waals surface area contributed by atoms with Crippen molar-refractivity contribution in [1.82, 2.24) is 29.3 Å². The van der Waals surface area contributed by atoms with Crippen LogP contribution in [0.25, 0.3) is 11.2 Å². The fourth-order valence-electron chi connectivity index (χ4n) is 3.02. The Hall–Kier alpha value is -3.69. The van der Waals surface area contributed by atoms with Crippen LogP contribution in [0, 0.1) is 0 Å². The first-order valence-electron chi connectivity index (χ1n) is 9.08. The summed E-state index contributed by atoms with van der Waals surface area (Å²) in [6.45, 7) is 2.10. The molecule has 0 atom stereocenters. The second-order valence-corrected chi connectivity index (χ2v) is 6.60. The summed E-state index contributed by atoms with van der Waals surface area (Å²) in [5.74, 6) is -0.686.